The van der Waals surface area contributed by atoms with Crippen molar-refractivity contribution in [2.24, 2.45) is 0 Å². The lowest BCUT2D eigenvalue weighted by molar-refractivity contribution is 0.0938. The van der Waals surface area contributed by atoms with Gasteiger partial charge >= 0.3 is 0 Å². The van der Waals surface area contributed by atoms with Gasteiger partial charge in [-0.05, 0) is 39.7 Å². The molecule has 0 aliphatic carbocycles. The predicted molar refractivity (Wildman–Crippen MR) is 104 cm³/mol. The molecule has 2 aromatic heterocycles. The van der Waals surface area contributed by atoms with Gasteiger partial charge in [-0.15, -0.1) is 11.3 Å². The maximum Gasteiger partial charge on any atom is 0.257 e. The first-order valence-electron chi connectivity index (χ1n) is 9.06. The number of halogens is 2. The number of thiazole rings is 1. The summed E-state index contributed by atoms with van der Waals surface area (Å²) in [5.74, 6) is -2.54. The second-order valence-electron chi connectivity index (χ2n) is 7.24. The predicted octanol–water partition coefficient (Wildman–Crippen LogP) is 4.04. The number of carbonyl (C=O) groups is 1. The van der Waals surface area contributed by atoms with Crippen molar-refractivity contribution in [3.63, 3.8) is 0 Å². The van der Waals surface area contributed by atoms with Gasteiger partial charge in [-0.1, -0.05) is 0 Å². The molecule has 3 heterocycles. The van der Waals surface area contributed by atoms with Gasteiger partial charge in [-0.25, -0.2) is 13.8 Å². The molecule has 0 radical (unpaired) electrons. The Bertz CT molecular complexity index is 1170. The van der Waals surface area contributed by atoms with Crippen LogP contribution in [-0.2, 0) is 6.42 Å². The Labute approximate surface area is 164 Å². The smallest absolute Gasteiger partial charge is 0.257 e. The van der Waals surface area contributed by atoms with E-state index in [-0.39, 0.29) is 28.6 Å². The Morgan fingerprint density at radius 1 is 1.43 bits per heavy atom. The van der Waals surface area contributed by atoms with Crippen molar-refractivity contribution in [3.05, 3.63) is 61.3 Å². The summed E-state index contributed by atoms with van der Waals surface area (Å²) in [6.45, 7) is 5.58. The Morgan fingerprint density at radius 2 is 2.18 bits per heavy atom. The van der Waals surface area contributed by atoms with Crippen molar-refractivity contribution in [3.8, 4) is 0 Å². The van der Waals surface area contributed by atoms with Gasteiger partial charge in [0, 0.05) is 34.3 Å². The van der Waals surface area contributed by atoms with Gasteiger partial charge in [0.2, 0.25) is 5.43 Å². The van der Waals surface area contributed by atoms with Crippen LogP contribution < -0.4 is 10.7 Å². The van der Waals surface area contributed by atoms with E-state index in [4.69, 9.17) is 0 Å². The van der Waals surface area contributed by atoms with Crippen LogP contribution in [-0.4, -0.2) is 15.5 Å². The molecule has 2 atom stereocenters. The summed E-state index contributed by atoms with van der Waals surface area (Å²) in [7, 11) is 0. The van der Waals surface area contributed by atoms with Crippen molar-refractivity contribution in [2.45, 2.75) is 45.7 Å². The van der Waals surface area contributed by atoms with Crippen LogP contribution in [0.2, 0.25) is 0 Å². The lowest BCUT2D eigenvalue weighted by Crippen LogP contribution is -2.33. The molecular formula is C20H19F2N3O2S. The average molecular weight is 403 g/mol. The van der Waals surface area contributed by atoms with E-state index in [1.807, 2.05) is 19.2 Å². The molecule has 0 bridgehead atoms. The van der Waals surface area contributed by atoms with Gasteiger partial charge in [-0.3, -0.25) is 9.59 Å². The number of aryl methyl sites for hydroxylation is 2. The molecule has 1 aromatic carbocycles. The van der Waals surface area contributed by atoms with Crippen molar-refractivity contribution in [2.75, 3.05) is 0 Å². The zero-order chi connectivity index (χ0) is 20.2. The molecule has 1 aliphatic heterocycles. The van der Waals surface area contributed by atoms with Crippen molar-refractivity contribution in [1.29, 1.82) is 0 Å². The van der Waals surface area contributed by atoms with Crippen LogP contribution in [0.5, 0.6) is 0 Å². The summed E-state index contributed by atoms with van der Waals surface area (Å²) in [6.07, 6.45) is 2.42. The number of aromatic nitrogens is 2. The van der Waals surface area contributed by atoms with Gasteiger partial charge in [0.25, 0.3) is 5.91 Å². The summed E-state index contributed by atoms with van der Waals surface area (Å²) in [4.78, 5) is 30.1. The van der Waals surface area contributed by atoms with Crippen LogP contribution in [0.15, 0.2) is 22.4 Å². The third-order valence-electron chi connectivity index (χ3n) is 5.19. The van der Waals surface area contributed by atoms with Gasteiger partial charge in [0.15, 0.2) is 11.6 Å². The number of rotatable bonds is 3. The Balaban J connectivity index is 1.82. The maximum atomic E-state index is 14.2. The molecule has 3 aromatic rings. The van der Waals surface area contributed by atoms with Crippen molar-refractivity contribution >= 4 is 28.1 Å². The van der Waals surface area contributed by atoms with Gasteiger partial charge in [0.1, 0.15) is 10.6 Å². The first-order valence-corrected chi connectivity index (χ1v) is 9.94. The van der Waals surface area contributed by atoms with E-state index in [1.54, 1.807) is 11.5 Å². The highest BCUT2D eigenvalue weighted by molar-refractivity contribution is 7.09. The summed E-state index contributed by atoms with van der Waals surface area (Å²) in [5.41, 5.74) is 0.751. The summed E-state index contributed by atoms with van der Waals surface area (Å²) < 4.78 is 30.0. The molecule has 8 heteroatoms. The molecule has 28 heavy (non-hydrogen) atoms. The fourth-order valence-electron chi connectivity index (χ4n) is 3.68. The van der Waals surface area contributed by atoms with E-state index < -0.39 is 23.0 Å². The monoisotopic (exact) mass is 403 g/mol. The van der Waals surface area contributed by atoms with Crippen LogP contribution >= 0.6 is 11.3 Å². The van der Waals surface area contributed by atoms with Gasteiger partial charge in [-0.2, -0.15) is 0 Å². The number of nitrogens with one attached hydrogen (secondary N) is 1. The van der Waals surface area contributed by atoms with Crippen LogP contribution in [0.4, 0.5) is 8.78 Å². The highest BCUT2D eigenvalue weighted by Gasteiger charge is 2.27. The fourth-order valence-corrected chi connectivity index (χ4v) is 4.49. The minimum Gasteiger partial charge on any atom is -0.343 e. The molecule has 1 N–H and O–H groups in total. The SMILES string of the molecule is Cc1csc(C(C)NC(=O)c2cn3c4c(c(F)c(F)cc4c2=O)CC[C@H]3C)n1. The largest absolute Gasteiger partial charge is 0.343 e. The quantitative estimate of drug-likeness (QED) is 0.718. The second kappa shape index (κ2) is 6.77. The molecule has 1 aliphatic rings. The molecule has 0 spiro atoms. The van der Waals surface area contributed by atoms with E-state index >= 15 is 0 Å². The van der Waals surface area contributed by atoms with E-state index in [2.05, 4.69) is 10.3 Å². The van der Waals surface area contributed by atoms with Gasteiger partial charge < -0.3 is 9.88 Å². The number of hydrogen-bond donors (Lipinski definition) is 1. The summed E-state index contributed by atoms with van der Waals surface area (Å²) >= 11 is 1.42. The van der Waals surface area contributed by atoms with E-state index in [9.17, 15) is 18.4 Å². The van der Waals surface area contributed by atoms with E-state index in [0.717, 1.165) is 16.8 Å². The Hall–Kier alpha value is -2.61. The fraction of sp³-hybridized carbons (Fsp3) is 0.350. The molecule has 0 saturated heterocycles. The van der Waals surface area contributed by atoms with E-state index in [1.165, 1.54) is 17.5 Å². The number of nitrogens with zero attached hydrogens (tertiary/aromatic N) is 2. The lowest BCUT2D eigenvalue weighted by atomic mass is 9.95. The normalized spacial score (nSPS) is 17.0. The number of benzene rings is 1. The van der Waals surface area contributed by atoms with Crippen LogP contribution in [0.1, 0.15) is 59.0 Å². The molecule has 5 nitrogen and oxygen atoms in total. The van der Waals surface area contributed by atoms with Crippen molar-refractivity contribution < 1.29 is 13.6 Å². The minimum absolute atomic E-state index is 0.0332. The van der Waals surface area contributed by atoms with Gasteiger partial charge in [0.05, 0.1) is 11.6 Å². The Morgan fingerprint density at radius 3 is 2.86 bits per heavy atom. The Kier molecular flexibility index (Phi) is 4.53. The lowest BCUT2D eigenvalue weighted by Gasteiger charge is -2.27. The topological polar surface area (TPSA) is 64.0 Å². The number of hydrogen-bond acceptors (Lipinski definition) is 4. The summed E-state index contributed by atoms with van der Waals surface area (Å²) in [6, 6.07) is 0.488. The first-order chi connectivity index (χ1) is 13.3. The highest BCUT2D eigenvalue weighted by Crippen LogP contribution is 2.32. The maximum absolute atomic E-state index is 14.2. The third-order valence-corrected chi connectivity index (χ3v) is 6.33. The third kappa shape index (κ3) is 2.92. The first kappa shape index (κ1) is 18.7. The zero-order valence-electron chi connectivity index (χ0n) is 15.7. The minimum atomic E-state index is -1.06. The summed E-state index contributed by atoms with van der Waals surface area (Å²) in [5, 5.41) is 5.43. The molecule has 4 rings (SSSR count). The van der Waals surface area contributed by atoms with Crippen LogP contribution in [0.25, 0.3) is 10.9 Å². The molecular weight excluding hydrogens is 384 g/mol. The molecule has 1 amide bonds. The van der Waals surface area contributed by atoms with Crippen molar-refractivity contribution in [1.82, 2.24) is 14.9 Å². The van der Waals surface area contributed by atoms with Crippen LogP contribution in [0.3, 0.4) is 0 Å². The molecule has 0 fully saturated rings. The number of amides is 1. The van der Waals surface area contributed by atoms with Crippen LogP contribution in [0, 0.1) is 18.6 Å². The highest BCUT2D eigenvalue weighted by atomic mass is 32.1. The molecule has 146 valence electrons. The molecule has 0 saturated carbocycles. The second-order valence-corrected chi connectivity index (χ2v) is 8.13. The number of carbonyl (C=O) groups excluding carboxylic acids is 1. The zero-order valence-corrected chi connectivity index (χ0v) is 16.5. The van der Waals surface area contributed by atoms with E-state index in [0.29, 0.717) is 18.4 Å². The molecule has 1 unspecified atom stereocenters. The standard InChI is InChI=1S/C20H19F2N3O2S/c1-9-8-28-20(23-9)11(3)24-19(27)14-7-25-10(2)4-5-12-16(22)15(21)6-13(17(12)25)18(14)26/h6-8,10-11H,4-5H2,1-3H3,(H,24,27)/t10-,11?/m1/s1. The average Bonchev–Trinajstić information content (AvgIpc) is 3.09. The number of pyridine rings is 1.